The number of methoxy groups -OCH3 is 1. The summed E-state index contributed by atoms with van der Waals surface area (Å²) in [4.78, 5) is 33.0. The van der Waals surface area contributed by atoms with E-state index in [4.69, 9.17) is 16.3 Å². The Morgan fingerprint density at radius 2 is 1.74 bits per heavy atom. The summed E-state index contributed by atoms with van der Waals surface area (Å²) in [5.74, 6) is -1.12. The number of benzene rings is 2. The van der Waals surface area contributed by atoms with E-state index in [1.807, 2.05) is 13.8 Å². The van der Waals surface area contributed by atoms with Gasteiger partial charge < -0.3 is 9.84 Å². The summed E-state index contributed by atoms with van der Waals surface area (Å²) in [6.45, 7) is 3.76. The minimum absolute atomic E-state index is 0.00277. The first-order valence-corrected chi connectivity index (χ1v) is 10.7. The van der Waals surface area contributed by atoms with Crippen molar-refractivity contribution >= 4 is 45.5 Å². The van der Waals surface area contributed by atoms with E-state index in [1.165, 1.54) is 16.2 Å². The van der Waals surface area contributed by atoms with Crippen LogP contribution in [0.15, 0.2) is 54.1 Å². The maximum Gasteiger partial charge on any atom is 0.301 e. The van der Waals surface area contributed by atoms with Crippen molar-refractivity contribution in [2.45, 2.75) is 19.9 Å². The van der Waals surface area contributed by atoms with Gasteiger partial charge in [-0.3, -0.25) is 14.5 Å². The Bertz CT molecular complexity index is 1180. The maximum atomic E-state index is 13.1. The van der Waals surface area contributed by atoms with Crippen molar-refractivity contribution in [1.29, 1.82) is 0 Å². The van der Waals surface area contributed by atoms with Crippen LogP contribution in [0.2, 0.25) is 5.02 Å². The van der Waals surface area contributed by atoms with Gasteiger partial charge in [-0.15, -0.1) is 11.3 Å². The van der Waals surface area contributed by atoms with Crippen LogP contribution in [-0.2, 0) is 9.59 Å². The summed E-state index contributed by atoms with van der Waals surface area (Å²) in [5.41, 5.74) is 1.84. The van der Waals surface area contributed by atoms with Crippen molar-refractivity contribution in [2.24, 2.45) is 0 Å². The number of aliphatic hydroxyl groups is 1. The molecule has 1 saturated heterocycles. The van der Waals surface area contributed by atoms with Crippen molar-refractivity contribution in [1.82, 2.24) is 4.98 Å². The van der Waals surface area contributed by atoms with Crippen LogP contribution in [0, 0.1) is 13.8 Å². The fourth-order valence-electron chi connectivity index (χ4n) is 3.45. The van der Waals surface area contributed by atoms with Gasteiger partial charge in [0.25, 0.3) is 5.78 Å². The molecule has 0 bridgehead atoms. The van der Waals surface area contributed by atoms with E-state index in [1.54, 1.807) is 55.6 Å². The zero-order valence-electron chi connectivity index (χ0n) is 17.0. The third kappa shape index (κ3) is 3.71. The number of amides is 1. The molecule has 4 rings (SSSR count). The van der Waals surface area contributed by atoms with Gasteiger partial charge in [0.1, 0.15) is 11.5 Å². The number of aryl methyl sites for hydroxylation is 2. The van der Waals surface area contributed by atoms with E-state index in [2.05, 4.69) is 4.98 Å². The molecule has 6 nitrogen and oxygen atoms in total. The summed E-state index contributed by atoms with van der Waals surface area (Å²) in [5, 5.41) is 12.0. The predicted octanol–water partition coefficient (Wildman–Crippen LogP) is 5.05. The Morgan fingerprint density at radius 1 is 1.10 bits per heavy atom. The number of ketones is 1. The molecule has 0 spiro atoms. The summed E-state index contributed by atoms with van der Waals surface area (Å²) >= 11 is 7.29. The molecule has 0 saturated carbocycles. The van der Waals surface area contributed by atoms with Crippen LogP contribution in [-0.4, -0.2) is 28.9 Å². The van der Waals surface area contributed by atoms with Crippen molar-refractivity contribution in [2.75, 3.05) is 12.0 Å². The van der Waals surface area contributed by atoms with Crippen LogP contribution < -0.4 is 9.64 Å². The third-order valence-electron chi connectivity index (χ3n) is 5.22. The standard InChI is InChI=1S/C23H19ClN2O4S/c1-12-13(2)31-23(25-12)26-19(14-6-10-17(30-3)11-7-14)18(21(28)22(26)29)20(27)15-4-8-16(24)9-5-15/h4-11,19,27H,1-3H3/b20-18+. The molecule has 2 aromatic carbocycles. The molecule has 0 aliphatic carbocycles. The highest BCUT2D eigenvalue weighted by molar-refractivity contribution is 7.16. The van der Waals surface area contributed by atoms with E-state index >= 15 is 0 Å². The average molecular weight is 455 g/mol. The summed E-state index contributed by atoms with van der Waals surface area (Å²) in [6.07, 6.45) is 0. The van der Waals surface area contributed by atoms with Crippen LogP contribution in [0.1, 0.15) is 27.7 Å². The fourth-order valence-corrected chi connectivity index (χ4v) is 4.52. The number of hydrogen-bond donors (Lipinski definition) is 1. The summed E-state index contributed by atoms with van der Waals surface area (Å²) in [7, 11) is 1.56. The van der Waals surface area contributed by atoms with Crippen LogP contribution in [0.25, 0.3) is 5.76 Å². The van der Waals surface area contributed by atoms with Crippen molar-refractivity contribution < 1.29 is 19.4 Å². The van der Waals surface area contributed by atoms with Gasteiger partial charge in [0.2, 0.25) is 0 Å². The second-order valence-electron chi connectivity index (χ2n) is 7.09. The lowest BCUT2D eigenvalue weighted by atomic mass is 9.95. The first kappa shape index (κ1) is 21.1. The molecule has 1 N–H and O–H groups in total. The minimum Gasteiger partial charge on any atom is -0.507 e. The molecule has 1 fully saturated rings. The summed E-state index contributed by atoms with van der Waals surface area (Å²) < 4.78 is 5.23. The number of rotatable bonds is 4. The molecule has 1 atom stereocenters. The molecule has 0 radical (unpaired) electrons. The van der Waals surface area contributed by atoms with Gasteiger partial charge in [-0.2, -0.15) is 0 Å². The van der Waals surface area contributed by atoms with Gasteiger partial charge in [0, 0.05) is 15.5 Å². The molecular weight excluding hydrogens is 436 g/mol. The SMILES string of the molecule is COc1ccc(C2/C(=C(\O)c3ccc(Cl)cc3)C(=O)C(=O)N2c2nc(C)c(C)s2)cc1. The number of nitrogens with zero attached hydrogens (tertiary/aromatic N) is 2. The number of halogens is 1. The van der Waals surface area contributed by atoms with Crippen LogP contribution >= 0.6 is 22.9 Å². The molecule has 1 aliphatic heterocycles. The third-order valence-corrected chi connectivity index (χ3v) is 6.54. The zero-order chi connectivity index (χ0) is 22.3. The number of thiazole rings is 1. The molecule has 31 heavy (non-hydrogen) atoms. The lowest BCUT2D eigenvalue weighted by Gasteiger charge is -2.23. The maximum absolute atomic E-state index is 13.1. The molecule has 1 unspecified atom stereocenters. The molecule has 1 aromatic heterocycles. The number of hydrogen-bond acceptors (Lipinski definition) is 6. The lowest BCUT2D eigenvalue weighted by molar-refractivity contribution is -0.132. The monoisotopic (exact) mass is 454 g/mol. The van der Waals surface area contributed by atoms with Gasteiger partial charge in [-0.1, -0.05) is 23.7 Å². The number of anilines is 1. The molecule has 158 valence electrons. The Labute approximate surface area is 188 Å². The largest absolute Gasteiger partial charge is 0.507 e. The first-order valence-electron chi connectivity index (χ1n) is 9.46. The fraction of sp³-hybridized carbons (Fsp3) is 0.174. The van der Waals surface area contributed by atoms with Gasteiger partial charge in [-0.05, 0) is 55.8 Å². The van der Waals surface area contributed by atoms with E-state index in [0.29, 0.717) is 27.0 Å². The van der Waals surface area contributed by atoms with Gasteiger partial charge in [0.15, 0.2) is 5.13 Å². The number of carbonyl (C=O) groups excluding carboxylic acids is 2. The number of carbonyl (C=O) groups is 2. The van der Waals surface area contributed by atoms with Gasteiger partial charge in [0.05, 0.1) is 24.4 Å². The smallest absolute Gasteiger partial charge is 0.301 e. The van der Waals surface area contributed by atoms with E-state index in [-0.39, 0.29) is 11.3 Å². The highest BCUT2D eigenvalue weighted by Gasteiger charge is 2.48. The van der Waals surface area contributed by atoms with E-state index < -0.39 is 17.7 Å². The first-order chi connectivity index (χ1) is 14.8. The summed E-state index contributed by atoms with van der Waals surface area (Å²) in [6, 6.07) is 12.6. The highest BCUT2D eigenvalue weighted by atomic mass is 35.5. The minimum atomic E-state index is -0.827. The molecule has 8 heteroatoms. The highest BCUT2D eigenvalue weighted by Crippen LogP contribution is 2.44. The molecule has 1 amide bonds. The second kappa shape index (κ2) is 8.17. The number of aliphatic hydroxyl groups excluding tert-OH is 1. The van der Waals surface area contributed by atoms with Gasteiger partial charge in [-0.25, -0.2) is 4.98 Å². The number of ether oxygens (including phenoxy) is 1. The number of Topliss-reactive ketones (excluding diaryl/α,β-unsaturated/α-hetero) is 1. The Hall–Kier alpha value is -3.16. The van der Waals surface area contributed by atoms with E-state index in [0.717, 1.165) is 10.6 Å². The quantitative estimate of drug-likeness (QED) is 0.339. The van der Waals surface area contributed by atoms with Crippen molar-refractivity contribution in [3.8, 4) is 5.75 Å². The molecule has 3 aromatic rings. The Balaban J connectivity index is 1.93. The topological polar surface area (TPSA) is 79.7 Å². The van der Waals surface area contributed by atoms with Crippen LogP contribution in [0.3, 0.4) is 0 Å². The lowest BCUT2D eigenvalue weighted by Crippen LogP contribution is -2.29. The second-order valence-corrected chi connectivity index (χ2v) is 8.71. The Morgan fingerprint density at radius 3 is 2.29 bits per heavy atom. The zero-order valence-corrected chi connectivity index (χ0v) is 18.6. The van der Waals surface area contributed by atoms with E-state index in [9.17, 15) is 14.7 Å². The van der Waals surface area contributed by atoms with Crippen molar-refractivity contribution in [3.63, 3.8) is 0 Å². The number of aromatic nitrogens is 1. The molecule has 1 aliphatic rings. The molecule has 2 heterocycles. The Kier molecular flexibility index (Phi) is 5.56. The van der Waals surface area contributed by atoms with Crippen molar-refractivity contribution in [3.05, 3.63) is 80.8 Å². The van der Waals surface area contributed by atoms with Gasteiger partial charge >= 0.3 is 5.91 Å². The average Bonchev–Trinajstić information content (AvgIpc) is 3.23. The normalized spacial score (nSPS) is 17.9. The molecular formula is C23H19ClN2O4S. The predicted molar refractivity (Wildman–Crippen MR) is 121 cm³/mol. The van der Waals surface area contributed by atoms with Crippen LogP contribution in [0.5, 0.6) is 5.75 Å². The van der Waals surface area contributed by atoms with Crippen LogP contribution in [0.4, 0.5) is 5.13 Å².